The molecule has 1 aliphatic heterocycles. The first kappa shape index (κ1) is 15.2. The highest BCUT2D eigenvalue weighted by Gasteiger charge is 2.24. The summed E-state index contributed by atoms with van der Waals surface area (Å²) >= 11 is 1.60. The van der Waals surface area contributed by atoms with E-state index in [4.69, 9.17) is 5.73 Å². The number of aryl methyl sites for hydroxylation is 1. The predicted octanol–water partition coefficient (Wildman–Crippen LogP) is 2.84. The summed E-state index contributed by atoms with van der Waals surface area (Å²) in [5, 5.41) is 3.04. The van der Waals surface area contributed by atoms with E-state index >= 15 is 0 Å². The van der Waals surface area contributed by atoms with Gasteiger partial charge in [0.25, 0.3) is 5.91 Å². The zero-order valence-electron chi connectivity index (χ0n) is 13.4. The molecule has 0 saturated carbocycles. The Morgan fingerprint density at radius 1 is 1.33 bits per heavy atom. The highest BCUT2D eigenvalue weighted by Crippen LogP contribution is 2.30. The van der Waals surface area contributed by atoms with E-state index in [0.717, 1.165) is 40.3 Å². The fraction of sp³-hybridized carbons (Fsp3) is 0.278. The van der Waals surface area contributed by atoms with Crippen LogP contribution in [0.1, 0.15) is 22.6 Å². The number of amides is 1. The number of carbonyl (C=O) groups is 1. The molecule has 1 amide bonds. The van der Waals surface area contributed by atoms with E-state index in [0.29, 0.717) is 12.1 Å². The number of aromatic nitrogens is 2. The van der Waals surface area contributed by atoms with Crippen LogP contribution in [0.15, 0.2) is 35.7 Å². The summed E-state index contributed by atoms with van der Waals surface area (Å²) in [5.41, 5.74) is 8.42. The van der Waals surface area contributed by atoms with Crippen LogP contribution in [0.4, 0.5) is 0 Å². The average molecular weight is 338 g/mol. The normalized spacial score (nSPS) is 17.6. The van der Waals surface area contributed by atoms with Crippen LogP contribution in [0.5, 0.6) is 0 Å². The SMILES string of the molecule is Cc1nc(-c2cccc(C(=O)N3CC[C@@H](N)C3)c2)c2ccsc2n1. The lowest BCUT2D eigenvalue weighted by Gasteiger charge is -2.16. The summed E-state index contributed by atoms with van der Waals surface area (Å²) in [7, 11) is 0. The summed E-state index contributed by atoms with van der Waals surface area (Å²) < 4.78 is 0. The molecule has 122 valence electrons. The molecular formula is C18H18N4OS. The maximum Gasteiger partial charge on any atom is 0.253 e. The van der Waals surface area contributed by atoms with Crippen molar-refractivity contribution in [1.29, 1.82) is 0 Å². The molecule has 0 spiro atoms. The van der Waals surface area contributed by atoms with Gasteiger partial charge in [-0.05, 0) is 36.9 Å². The van der Waals surface area contributed by atoms with Gasteiger partial charge in [0, 0.05) is 35.6 Å². The van der Waals surface area contributed by atoms with Crippen LogP contribution in [0.3, 0.4) is 0 Å². The Morgan fingerprint density at radius 3 is 3.00 bits per heavy atom. The highest BCUT2D eigenvalue weighted by molar-refractivity contribution is 7.16. The number of rotatable bonds is 2. The van der Waals surface area contributed by atoms with E-state index < -0.39 is 0 Å². The molecule has 3 heterocycles. The minimum atomic E-state index is 0.0390. The van der Waals surface area contributed by atoms with Crippen LogP contribution in [0.2, 0.25) is 0 Å². The Balaban J connectivity index is 1.74. The van der Waals surface area contributed by atoms with E-state index in [9.17, 15) is 4.79 Å². The summed E-state index contributed by atoms with van der Waals surface area (Å²) in [6, 6.07) is 9.80. The van der Waals surface area contributed by atoms with E-state index in [2.05, 4.69) is 9.97 Å². The molecule has 24 heavy (non-hydrogen) atoms. The largest absolute Gasteiger partial charge is 0.337 e. The van der Waals surface area contributed by atoms with Gasteiger partial charge in [-0.3, -0.25) is 4.79 Å². The second-order valence-corrected chi connectivity index (χ2v) is 7.03. The third kappa shape index (κ3) is 2.68. The molecule has 0 radical (unpaired) electrons. The molecule has 1 atom stereocenters. The molecule has 0 unspecified atom stereocenters. The van der Waals surface area contributed by atoms with Gasteiger partial charge >= 0.3 is 0 Å². The van der Waals surface area contributed by atoms with E-state index in [1.54, 1.807) is 11.3 Å². The van der Waals surface area contributed by atoms with E-state index in [1.807, 2.05) is 47.5 Å². The molecular weight excluding hydrogens is 320 g/mol. The maximum atomic E-state index is 12.7. The molecule has 1 saturated heterocycles. The van der Waals surface area contributed by atoms with Crippen molar-refractivity contribution in [3.63, 3.8) is 0 Å². The molecule has 3 aromatic rings. The Morgan fingerprint density at radius 2 is 2.21 bits per heavy atom. The lowest BCUT2D eigenvalue weighted by molar-refractivity contribution is 0.0791. The van der Waals surface area contributed by atoms with Crippen molar-refractivity contribution in [1.82, 2.24) is 14.9 Å². The highest BCUT2D eigenvalue weighted by atomic mass is 32.1. The fourth-order valence-corrected chi connectivity index (χ4v) is 3.95. The van der Waals surface area contributed by atoms with Crippen LogP contribution in [0, 0.1) is 6.92 Å². The number of hydrogen-bond donors (Lipinski definition) is 1. The zero-order valence-corrected chi connectivity index (χ0v) is 14.2. The van der Waals surface area contributed by atoms with Gasteiger partial charge in [-0.2, -0.15) is 0 Å². The molecule has 1 aliphatic rings. The molecule has 0 bridgehead atoms. The molecule has 6 heteroatoms. The zero-order chi connectivity index (χ0) is 16.7. The number of likely N-dealkylation sites (tertiary alicyclic amines) is 1. The van der Waals surface area contributed by atoms with Crippen molar-refractivity contribution in [3.05, 3.63) is 47.1 Å². The minimum Gasteiger partial charge on any atom is -0.337 e. The van der Waals surface area contributed by atoms with Gasteiger partial charge in [-0.15, -0.1) is 11.3 Å². The smallest absolute Gasteiger partial charge is 0.253 e. The Bertz CT molecular complexity index is 920. The third-order valence-electron chi connectivity index (χ3n) is 4.33. The number of nitrogens with two attached hydrogens (primary N) is 1. The summed E-state index contributed by atoms with van der Waals surface area (Å²) in [4.78, 5) is 24.6. The van der Waals surface area contributed by atoms with Crippen molar-refractivity contribution < 1.29 is 4.79 Å². The van der Waals surface area contributed by atoms with Gasteiger partial charge in [0.05, 0.1) is 5.69 Å². The van der Waals surface area contributed by atoms with Crippen molar-refractivity contribution >= 4 is 27.5 Å². The molecule has 4 rings (SSSR count). The lowest BCUT2D eigenvalue weighted by Crippen LogP contribution is -2.31. The van der Waals surface area contributed by atoms with Crippen LogP contribution in [0.25, 0.3) is 21.5 Å². The van der Waals surface area contributed by atoms with Gasteiger partial charge in [-0.25, -0.2) is 9.97 Å². The third-order valence-corrected chi connectivity index (χ3v) is 5.14. The van der Waals surface area contributed by atoms with Crippen LogP contribution >= 0.6 is 11.3 Å². The average Bonchev–Trinajstić information content (AvgIpc) is 3.22. The first-order valence-electron chi connectivity index (χ1n) is 7.99. The van der Waals surface area contributed by atoms with Crippen molar-refractivity contribution in [2.45, 2.75) is 19.4 Å². The molecule has 2 aromatic heterocycles. The quantitative estimate of drug-likeness (QED) is 0.780. The molecule has 1 aromatic carbocycles. The van der Waals surface area contributed by atoms with E-state index in [1.165, 1.54) is 0 Å². The molecule has 5 nitrogen and oxygen atoms in total. The van der Waals surface area contributed by atoms with Gasteiger partial charge < -0.3 is 10.6 Å². The standard InChI is InChI=1S/C18H18N4OS/c1-11-20-16(15-6-8-24-17(15)21-11)12-3-2-4-13(9-12)18(23)22-7-5-14(19)10-22/h2-4,6,8-9,14H,5,7,10,19H2,1H3/t14-/m1/s1. The van der Waals surface area contributed by atoms with E-state index in [-0.39, 0.29) is 11.9 Å². The van der Waals surface area contributed by atoms with Crippen molar-refractivity contribution in [3.8, 4) is 11.3 Å². The maximum absolute atomic E-state index is 12.7. The molecule has 2 N–H and O–H groups in total. The lowest BCUT2D eigenvalue weighted by atomic mass is 10.0. The number of nitrogens with zero attached hydrogens (tertiary/aromatic N) is 3. The van der Waals surface area contributed by atoms with Gasteiger partial charge in [-0.1, -0.05) is 12.1 Å². The number of hydrogen-bond acceptors (Lipinski definition) is 5. The molecule has 0 aliphatic carbocycles. The van der Waals surface area contributed by atoms with Crippen molar-refractivity contribution in [2.24, 2.45) is 5.73 Å². The second-order valence-electron chi connectivity index (χ2n) is 6.14. The summed E-state index contributed by atoms with van der Waals surface area (Å²) in [6.45, 7) is 3.25. The number of carbonyl (C=O) groups excluding carboxylic acids is 1. The number of thiophene rings is 1. The topological polar surface area (TPSA) is 72.1 Å². The molecule has 1 fully saturated rings. The predicted molar refractivity (Wildman–Crippen MR) is 96.1 cm³/mol. The van der Waals surface area contributed by atoms with Gasteiger partial charge in [0.2, 0.25) is 0 Å². The first-order valence-corrected chi connectivity index (χ1v) is 8.87. The second kappa shape index (κ2) is 5.96. The fourth-order valence-electron chi connectivity index (χ4n) is 3.14. The van der Waals surface area contributed by atoms with Crippen LogP contribution < -0.4 is 5.73 Å². The first-order chi connectivity index (χ1) is 11.6. The summed E-state index contributed by atoms with van der Waals surface area (Å²) in [5.74, 6) is 0.777. The van der Waals surface area contributed by atoms with Crippen LogP contribution in [-0.4, -0.2) is 39.9 Å². The summed E-state index contributed by atoms with van der Waals surface area (Å²) in [6.07, 6.45) is 0.867. The minimum absolute atomic E-state index is 0.0390. The van der Waals surface area contributed by atoms with Crippen molar-refractivity contribution in [2.75, 3.05) is 13.1 Å². The van der Waals surface area contributed by atoms with Gasteiger partial charge in [0.1, 0.15) is 10.7 Å². The number of benzene rings is 1. The Labute approximate surface area is 144 Å². The monoisotopic (exact) mass is 338 g/mol. The van der Waals surface area contributed by atoms with Gasteiger partial charge in [0.15, 0.2) is 0 Å². The number of fused-ring (bicyclic) bond motifs is 1. The Kier molecular flexibility index (Phi) is 3.78. The van der Waals surface area contributed by atoms with Crippen LogP contribution in [-0.2, 0) is 0 Å². The Hall–Kier alpha value is -2.31.